The van der Waals surface area contributed by atoms with Crippen LogP contribution in [0.1, 0.15) is 37.7 Å². The third-order valence-corrected chi connectivity index (χ3v) is 5.11. The van der Waals surface area contributed by atoms with Crippen molar-refractivity contribution in [2.45, 2.75) is 38.1 Å². The maximum Gasteiger partial charge on any atom is 0.308 e. The lowest BCUT2D eigenvalue weighted by Gasteiger charge is -2.33. The molecular formula is C19H26F2IN3O2. The molecule has 0 spiro atoms. The van der Waals surface area contributed by atoms with Crippen molar-refractivity contribution in [1.82, 2.24) is 10.2 Å². The molecule has 1 N–H and O–H groups in total. The standard InChI is InChI=1S/C19H25F2N3O2.HI/c1-3-22-19(24-9-7-12(8-10-24)18(25)26-2)23-16-11-13(16)17-14(20)5-4-6-15(17)21;/h4-6,12-13,16H,3,7-11H2,1-2H3,(H,22,23);1H. The van der Waals surface area contributed by atoms with Crippen LogP contribution >= 0.6 is 24.0 Å². The number of methoxy groups -OCH3 is 1. The van der Waals surface area contributed by atoms with Gasteiger partial charge >= 0.3 is 5.97 Å². The molecule has 3 rings (SSSR count). The van der Waals surface area contributed by atoms with Crippen molar-refractivity contribution in [3.05, 3.63) is 35.4 Å². The van der Waals surface area contributed by atoms with Crippen LogP contribution in [0, 0.1) is 17.6 Å². The molecule has 1 heterocycles. The van der Waals surface area contributed by atoms with Crippen LogP contribution in [0.2, 0.25) is 0 Å². The lowest BCUT2D eigenvalue weighted by Crippen LogP contribution is -2.47. The number of aliphatic imine (C=N–C) groups is 1. The van der Waals surface area contributed by atoms with Crippen LogP contribution < -0.4 is 5.32 Å². The number of hydrogen-bond donors (Lipinski definition) is 1. The van der Waals surface area contributed by atoms with Crippen LogP contribution in [0.3, 0.4) is 0 Å². The number of likely N-dealkylation sites (tertiary alicyclic amines) is 1. The summed E-state index contributed by atoms with van der Waals surface area (Å²) in [7, 11) is 1.41. The highest BCUT2D eigenvalue weighted by atomic mass is 127. The van der Waals surface area contributed by atoms with Crippen molar-refractivity contribution >= 4 is 35.9 Å². The molecule has 1 aliphatic heterocycles. The second kappa shape index (κ2) is 9.66. The van der Waals surface area contributed by atoms with E-state index in [-0.39, 0.29) is 53.4 Å². The predicted octanol–water partition coefficient (Wildman–Crippen LogP) is 3.29. The summed E-state index contributed by atoms with van der Waals surface area (Å²) in [5.41, 5.74) is 0.158. The highest BCUT2D eigenvalue weighted by Crippen LogP contribution is 2.43. The third kappa shape index (κ3) is 5.08. The average Bonchev–Trinajstić information content (AvgIpc) is 3.39. The topological polar surface area (TPSA) is 53.9 Å². The van der Waals surface area contributed by atoms with Crippen LogP contribution in [0.4, 0.5) is 8.78 Å². The van der Waals surface area contributed by atoms with E-state index in [0.29, 0.717) is 38.9 Å². The molecule has 150 valence electrons. The van der Waals surface area contributed by atoms with Gasteiger partial charge in [0.05, 0.1) is 13.0 Å². The molecule has 2 atom stereocenters. The molecule has 1 aromatic rings. The summed E-state index contributed by atoms with van der Waals surface area (Å²) in [4.78, 5) is 18.3. The minimum absolute atomic E-state index is 0. The normalized spacial score (nSPS) is 22.8. The Morgan fingerprint density at radius 2 is 1.93 bits per heavy atom. The van der Waals surface area contributed by atoms with Crippen LogP contribution in [0.15, 0.2) is 23.2 Å². The fourth-order valence-electron chi connectivity index (χ4n) is 3.58. The summed E-state index contributed by atoms with van der Waals surface area (Å²) in [5.74, 6) is -0.644. The van der Waals surface area contributed by atoms with Gasteiger partial charge in [-0.15, -0.1) is 24.0 Å². The molecule has 1 saturated carbocycles. The molecule has 0 bridgehead atoms. The molecule has 0 radical (unpaired) electrons. The Labute approximate surface area is 175 Å². The zero-order valence-electron chi connectivity index (χ0n) is 15.6. The third-order valence-electron chi connectivity index (χ3n) is 5.11. The Morgan fingerprint density at radius 3 is 2.48 bits per heavy atom. The first kappa shape index (κ1) is 21.8. The fourth-order valence-corrected chi connectivity index (χ4v) is 3.58. The minimum atomic E-state index is -0.493. The van der Waals surface area contributed by atoms with Gasteiger partial charge < -0.3 is 15.0 Å². The lowest BCUT2D eigenvalue weighted by atomic mass is 9.97. The van der Waals surface area contributed by atoms with Crippen molar-refractivity contribution in [2.24, 2.45) is 10.9 Å². The summed E-state index contributed by atoms with van der Waals surface area (Å²) in [5, 5.41) is 3.35. The predicted molar refractivity (Wildman–Crippen MR) is 110 cm³/mol. The summed E-state index contributed by atoms with van der Waals surface area (Å²) >= 11 is 0. The Morgan fingerprint density at radius 1 is 1.30 bits per heavy atom. The molecule has 5 nitrogen and oxygen atoms in total. The van der Waals surface area contributed by atoms with Gasteiger partial charge in [0.15, 0.2) is 5.96 Å². The van der Waals surface area contributed by atoms with E-state index in [4.69, 9.17) is 4.74 Å². The molecule has 8 heteroatoms. The number of hydrogen-bond acceptors (Lipinski definition) is 3. The van der Waals surface area contributed by atoms with E-state index in [0.717, 1.165) is 5.96 Å². The van der Waals surface area contributed by atoms with Gasteiger partial charge in [0.2, 0.25) is 0 Å². The number of guanidine groups is 1. The number of nitrogens with one attached hydrogen (secondary N) is 1. The zero-order valence-corrected chi connectivity index (χ0v) is 17.9. The Balaban J connectivity index is 0.00000261. The molecular weight excluding hydrogens is 467 g/mol. The van der Waals surface area contributed by atoms with Gasteiger partial charge in [-0.05, 0) is 38.3 Å². The number of piperidine rings is 1. The Kier molecular flexibility index (Phi) is 7.81. The summed E-state index contributed by atoms with van der Waals surface area (Å²) in [6.07, 6.45) is 2.11. The Bertz CT molecular complexity index is 673. The van der Waals surface area contributed by atoms with Crippen molar-refractivity contribution in [3.63, 3.8) is 0 Å². The van der Waals surface area contributed by atoms with Crippen molar-refractivity contribution in [1.29, 1.82) is 0 Å². The number of esters is 1. The first-order valence-corrected chi connectivity index (χ1v) is 9.12. The number of carbonyl (C=O) groups excluding carboxylic acids is 1. The second-order valence-electron chi connectivity index (χ2n) is 6.81. The van der Waals surface area contributed by atoms with Crippen molar-refractivity contribution in [3.8, 4) is 0 Å². The Hall–Kier alpha value is -1.45. The average molecular weight is 493 g/mol. The van der Waals surface area contributed by atoms with Crippen LogP contribution in [-0.4, -0.2) is 49.6 Å². The molecule has 1 aromatic carbocycles. The monoisotopic (exact) mass is 493 g/mol. The SMILES string of the molecule is CCN=C(NC1CC1c1c(F)cccc1F)N1CCC(C(=O)OC)CC1.I. The maximum absolute atomic E-state index is 14.0. The number of benzene rings is 1. The maximum atomic E-state index is 14.0. The van der Waals surface area contributed by atoms with E-state index >= 15 is 0 Å². The van der Waals surface area contributed by atoms with E-state index in [1.165, 1.54) is 25.3 Å². The smallest absolute Gasteiger partial charge is 0.308 e. The first-order valence-electron chi connectivity index (χ1n) is 9.12. The van der Waals surface area contributed by atoms with Gasteiger partial charge in [0.1, 0.15) is 11.6 Å². The molecule has 0 aromatic heterocycles. The first-order chi connectivity index (χ1) is 12.5. The van der Waals surface area contributed by atoms with Crippen molar-refractivity contribution < 1.29 is 18.3 Å². The van der Waals surface area contributed by atoms with E-state index in [2.05, 4.69) is 15.2 Å². The minimum Gasteiger partial charge on any atom is -0.469 e. The molecule has 1 aliphatic carbocycles. The van der Waals surface area contributed by atoms with Crippen LogP contribution in [0.25, 0.3) is 0 Å². The van der Waals surface area contributed by atoms with Crippen molar-refractivity contribution in [2.75, 3.05) is 26.7 Å². The molecule has 2 aliphatic rings. The number of halogens is 3. The summed E-state index contributed by atoms with van der Waals surface area (Å²) in [6.45, 7) is 3.97. The van der Waals surface area contributed by atoms with Crippen LogP contribution in [-0.2, 0) is 9.53 Å². The molecule has 2 fully saturated rings. The number of nitrogens with zero attached hydrogens (tertiary/aromatic N) is 2. The van der Waals surface area contributed by atoms with Gasteiger partial charge in [-0.3, -0.25) is 9.79 Å². The van der Waals surface area contributed by atoms with E-state index in [1.807, 2.05) is 6.92 Å². The van der Waals surface area contributed by atoms with Gasteiger partial charge in [-0.2, -0.15) is 0 Å². The fraction of sp³-hybridized carbons (Fsp3) is 0.579. The number of rotatable bonds is 4. The van der Waals surface area contributed by atoms with E-state index in [9.17, 15) is 13.6 Å². The highest BCUT2D eigenvalue weighted by Gasteiger charge is 2.43. The molecule has 2 unspecified atom stereocenters. The second-order valence-corrected chi connectivity index (χ2v) is 6.81. The summed E-state index contributed by atoms with van der Waals surface area (Å²) < 4.78 is 32.7. The number of ether oxygens (including phenoxy) is 1. The largest absolute Gasteiger partial charge is 0.469 e. The van der Waals surface area contributed by atoms with E-state index in [1.54, 1.807) is 0 Å². The van der Waals surface area contributed by atoms with Gasteiger partial charge in [0.25, 0.3) is 0 Å². The molecule has 0 amide bonds. The van der Waals surface area contributed by atoms with Gasteiger partial charge in [-0.25, -0.2) is 8.78 Å². The lowest BCUT2D eigenvalue weighted by molar-refractivity contribution is -0.146. The van der Waals surface area contributed by atoms with Gasteiger partial charge in [0, 0.05) is 37.2 Å². The number of carbonyl (C=O) groups is 1. The van der Waals surface area contributed by atoms with E-state index < -0.39 is 11.6 Å². The van der Waals surface area contributed by atoms with Crippen LogP contribution in [0.5, 0.6) is 0 Å². The molecule has 1 saturated heterocycles. The quantitative estimate of drug-likeness (QED) is 0.303. The molecule has 27 heavy (non-hydrogen) atoms. The highest BCUT2D eigenvalue weighted by molar-refractivity contribution is 14.0. The zero-order chi connectivity index (χ0) is 18.7. The summed E-state index contributed by atoms with van der Waals surface area (Å²) in [6, 6.07) is 3.96. The van der Waals surface area contributed by atoms with Gasteiger partial charge in [-0.1, -0.05) is 6.07 Å².